The van der Waals surface area contributed by atoms with Crippen LogP contribution >= 0.6 is 11.3 Å². The van der Waals surface area contributed by atoms with Crippen molar-refractivity contribution in [2.45, 2.75) is 37.3 Å². The number of hydrogen-bond donors (Lipinski definition) is 1. The second-order valence-electron chi connectivity index (χ2n) is 7.00. The lowest BCUT2D eigenvalue weighted by molar-refractivity contribution is -0.192. The molecule has 0 amide bonds. The van der Waals surface area contributed by atoms with E-state index in [0.29, 0.717) is 12.5 Å². The Balaban J connectivity index is 0.000000298. The summed E-state index contributed by atoms with van der Waals surface area (Å²) in [5, 5.41) is 11.5. The van der Waals surface area contributed by atoms with Gasteiger partial charge in [-0.25, -0.2) is 9.78 Å². The minimum absolute atomic E-state index is 0.0184. The number of rotatable bonds is 4. The summed E-state index contributed by atoms with van der Waals surface area (Å²) < 4.78 is 43.8. The topological polar surface area (TPSA) is 71.9 Å². The molecule has 2 saturated heterocycles. The van der Waals surface area contributed by atoms with Gasteiger partial charge in [-0.3, -0.25) is 4.90 Å². The van der Waals surface area contributed by atoms with Crippen LogP contribution in [-0.2, 0) is 16.1 Å². The number of thiophene rings is 1. The van der Waals surface area contributed by atoms with Gasteiger partial charge in [-0.2, -0.15) is 24.5 Å². The SMILES string of the molecule is O=C(O)C(F)(F)F.c1ccc(O[C@H]2CO[C@@]3(CCN(Cc4ccsc4)C3)C2)nc1. The first kappa shape index (κ1) is 21.5. The van der Waals surface area contributed by atoms with Crippen molar-refractivity contribution >= 4 is 17.3 Å². The number of carbonyl (C=O) groups is 1. The summed E-state index contributed by atoms with van der Waals surface area (Å²) in [6.45, 7) is 3.81. The molecular formula is C19H21F3N2O4S. The highest BCUT2D eigenvalue weighted by molar-refractivity contribution is 7.07. The minimum Gasteiger partial charge on any atom is -0.475 e. The maximum absolute atomic E-state index is 10.6. The molecule has 29 heavy (non-hydrogen) atoms. The molecule has 0 radical (unpaired) electrons. The lowest BCUT2D eigenvalue weighted by Gasteiger charge is -2.23. The van der Waals surface area contributed by atoms with E-state index >= 15 is 0 Å². The average Bonchev–Trinajstić information content (AvgIpc) is 3.40. The molecule has 2 atom stereocenters. The number of ether oxygens (including phenoxy) is 2. The van der Waals surface area contributed by atoms with Crippen LogP contribution in [0.25, 0.3) is 0 Å². The van der Waals surface area contributed by atoms with Crippen LogP contribution in [0.5, 0.6) is 5.88 Å². The normalized spacial score (nSPS) is 24.3. The highest BCUT2D eigenvalue weighted by Crippen LogP contribution is 2.37. The molecule has 0 bridgehead atoms. The predicted octanol–water partition coefficient (Wildman–Crippen LogP) is 3.59. The lowest BCUT2D eigenvalue weighted by atomic mass is 9.98. The number of pyridine rings is 1. The Morgan fingerprint density at radius 1 is 1.41 bits per heavy atom. The van der Waals surface area contributed by atoms with Gasteiger partial charge in [0.05, 0.1) is 12.2 Å². The molecule has 6 nitrogen and oxygen atoms in total. The average molecular weight is 430 g/mol. The Labute approximate surface area is 169 Å². The fraction of sp³-hybridized carbons (Fsp3) is 0.474. The quantitative estimate of drug-likeness (QED) is 0.800. The third-order valence-corrected chi connectivity index (χ3v) is 5.46. The third-order valence-electron chi connectivity index (χ3n) is 4.72. The maximum atomic E-state index is 10.6. The van der Waals surface area contributed by atoms with Crippen LogP contribution in [0.1, 0.15) is 18.4 Å². The summed E-state index contributed by atoms with van der Waals surface area (Å²) in [6.07, 6.45) is -1.14. The number of likely N-dealkylation sites (tertiary alicyclic amines) is 1. The molecule has 158 valence electrons. The van der Waals surface area contributed by atoms with Gasteiger partial charge in [-0.15, -0.1) is 0 Å². The van der Waals surface area contributed by atoms with Crippen LogP contribution in [0.4, 0.5) is 13.2 Å². The Morgan fingerprint density at radius 3 is 2.83 bits per heavy atom. The molecule has 4 heterocycles. The van der Waals surface area contributed by atoms with E-state index in [0.717, 1.165) is 32.5 Å². The van der Waals surface area contributed by atoms with Crippen molar-refractivity contribution < 1.29 is 32.5 Å². The number of hydrogen-bond acceptors (Lipinski definition) is 6. The fourth-order valence-corrected chi connectivity index (χ4v) is 4.11. The van der Waals surface area contributed by atoms with E-state index in [1.807, 2.05) is 18.2 Å². The molecule has 4 rings (SSSR count). The molecule has 10 heteroatoms. The Kier molecular flexibility index (Phi) is 6.76. The Morgan fingerprint density at radius 2 is 2.21 bits per heavy atom. The van der Waals surface area contributed by atoms with Gasteiger partial charge >= 0.3 is 12.1 Å². The van der Waals surface area contributed by atoms with E-state index < -0.39 is 12.1 Å². The van der Waals surface area contributed by atoms with Crippen molar-refractivity contribution in [2.75, 3.05) is 19.7 Å². The highest BCUT2D eigenvalue weighted by Gasteiger charge is 2.46. The van der Waals surface area contributed by atoms with Gasteiger partial charge in [-0.05, 0) is 34.9 Å². The number of carboxylic acids is 1. The zero-order chi connectivity index (χ0) is 20.9. The smallest absolute Gasteiger partial charge is 0.475 e. The van der Waals surface area contributed by atoms with Gasteiger partial charge in [0.2, 0.25) is 5.88 Å². The lowest BCUT2D eigenvalue weighted by Crippen LogP contribution is -2.33. The van der Waals surface area contributed by atoms with Crippen molar-refractivity contribution in [2.24, 2.45) is 0 Å². The van der Waals surface area contributed by atoms with Crippen molar-refractivity contribution in [3.8, 4) is 5.88 Å². The number of aromatic nitrogens is 1. The predicted molar refractivity (Wildman–Crippen MR) is 99.9 cm³/mol. The summed E-state index contributed by atoms with van der Waals surface area (Å²) >= 11 is 1.76. The summed E-state index contributed by atoms with van der Waals surface area (Å²) in [4.78, 5) is 15.6. The molecule has 0 aromatic carbocycles. The molecule has 0 aliphatic carbocycles. The largest absolute Gasteiger partial charge is 0.490 e. The van der Waals surface area contributed by atoms with Gasteiger partial charge in [-0.1, -0.05) is 6.07 Å². The standard InChI is InChI=1S/C17H20N2O2S.C2HF3O2/c1-2-6-18-16(3-1)21-15-9-17(20-11-15)5-7-19(13-17)10-14-4-8-22-12-14;3-2(4,5)1(6)7/h1-4,6,8,12,15H,5,7,9-11,13H2;(H,6,7)/t15-,17+;/m1./s1. The number of nitrogens with zero attached hydrogens (tertiary/aromatic N) is 2. The summed E-state index contributed by atoms with van der Waals surface area (Å²) in [5.74, 6) is -2.06. The van der Waals surface area contributed by atoms with Crippen LogP contribution < -0.4 is 4.74 Å². The Bertz CT molecular complexity index is 789. The number of carboxylic acid groups (broad SMARTS) is 1. The monoisotopic (exact) mass is 430 g/mol. The van der Waals surface area contributed by atoms with E-state index in [-0.39, 0.29) is 11.7 Å². The molecule has 2 aliphatic rings. The maximum Gasteiger partial charge on any atom is 0.490 e. The second kappa shape index (κ2) is 9.10. The van der Waals surface area contributed by atoms with E-state index in [9.17, 15) is 13.2 Å². The van der Waals surface area contributed by atoms with Crippen molar-refractivity contribution in [1.82, 2.24) is 9.88 Å². The third kappa shape index (κ3) is 6.15. The second-order valence-corrected chi connectivity index (χ2v) is 7.78. The van der Waals surface area contributed by atoms with Crippen molar-refractivity contribution in [1.29, 1.82) is 0 Å². The molecule has 1 spiro atoms. The van der Waals surface area contributed by atoms with E-state index in [1.165, 1.54) is 5.56 Å². The van der Waals surface area contributed by atoms with E-state index in [1.54, 1.807) is 17.5 Å². The molecule has 2 fully saturated rings. The Hall–Kier alpha value is -2.17. The van der Waals surface area contributed by atoms with Crippen molar-refractivity contribution in [3.63, 3.8) is 0 Å². The van der Waals surface area contributed by atoms with Gasteiger partial charge in [0, 0.05) is 38.3 Å². The summed E-state index contributed by atoms with van der Waals surface area (Å²) in [5.41, 5.74) is 1.39. The molecule has 0 saturated carbocycles. The first-order valence-corrected chi connectivity index (χ1v) is 9.95. The van der Waals surface area contributed by atoms with Crippen LogP contribution in [0.15, 0.2) is 41.2 Å². The number of halogens is 3. The first-order chi connectivity index (χ1) is 13.8. The van der Waals surface area contributed by atoms with E-state index in [4.69, 9.17) is 19.4 Å². The van der Waals surface area contributed by atoms with E-state index in [2.05, 4.69) is 26.7 Å². The molecule has 1 N–H and O–H groups in total. The molecule has 2 aromatic heterocycles. The number of alkyl halides is 3. The molecule has 2 aromatic rings. The summed E-state index contributed by atoms with van der Waals surface area (Å²) in [7, 11) is 0. The van der Waals surface area contributed by atoms with Crippen LogP contribution in [0.2, 0.25) is 0 Å². The van der Waals surface area contributed by atoms with Gasteiger partial charge in [0.1, 0.15) is 6.10 Å². The first-order valence-electron chi connectivity index (χ1n) is 9.01. The van der Waals surface area contributed by atoms with Crippen molar-refractivity contribution in [3.05, 3.63) is 46.8 Å². The van der Waals surface area contributed by atoms with Gasteiger partial charge in [0.15, 0.2) is 0 Å². The summed E-state index contributed by atoms with van der Waals surface area (Å²) in [6, 6.07) is 7.96. The molecule has 0 unspecified atom stereocenters. The number of aliphatic carboxylic acids is 1. The fourth-order valence-electron chi connectivity index (χ4n) is 3.45. The highest BCUT2D eigenvalue weighted by atomic mass is 32.1. The van der Waals surface area contributed by atoms with Crippen LogP contribution in [-0.4, -0.2) is 58.5 Å². The molecule has 2 aliphatic heterocycles. The minimum atomic E-state index is -5.08. The molecular weight excluding hydrogens is 409 g/mol. The van der Waals surface area contributed by atoms with Crippen LogP contribution in [0.3, 0.4) is 0 Å². The zero-order valence-electron chi connectivity index (χ0n) is 15.5. The van der Waals surface area contributed by atoms with Crippen LogP contribution in [0, 0.1) is 0 Å². The zero-order valence-corrected chi connectivity index (χ0v) is 16.3. The van der Waals surface area contributed by atoms with Gasteiger partial charge < -0.3 is 14.6 Å². The van der Waals surface area contributed by atoms with Gasteiger partial charge in [0.25, 0.3) is 0 Å².